The largest absolute Gasteiger partial charge is 0.379 e. The van der Waals surface area contributed by atoms with Crippen molar-refractivity contribution < 1.29 is 14.5 Å². The SMILES string of the molecule is O=C(CCNc1ccccc1[N+](=O)[O-])NCCNC(=O)c1ccc(Cl)cc1. The Bertz CT molecular complexity index is 811. The number of rotatable bonds is 9. The van der Waals surface area contributed by atoms with Crippen LogP contribution in [0.5, 0.6) is 0 Å². The lowest BCUT2D eigenvalue weighted by Crippen LogP contribution is -2.35. The first-order valence-electron chi connectivity index (χ1n) is 8.25. The normalized spacial score (nSPS) is 10.1. The third kappa shape index (κ3) is 6.59. The summed E-state index contributed by atoms with van der Waals surface area (Å²) in [7, 11) is 0. The second-order valence-corrected chi connectivity index (χ2v) is 6.00. The van der Waals surface area contributed by atoms with Crippen LogP contribution < -0.4 is 16.0 Å². The van der Waals surface area contributed by atoms with Crippen molar-refractivity contribution in [3.8, 4) is 0 Å². The standard InChI is InChI=1S/C18H19ClN4O4/c19-14-7-5-13(6-8-14)18(25)22-12-11-21-17(24)9-10-20-15-3-1-2-4-16(15)23(26)27/h1-8,20H,9-12H2,(H,21,24)(H,22,25). The molecule has 2 rings (SSSR count). The van der Waals surface area contributed by atoms with E-state index < -0.39 is 4.92 Å². The molecule has 142 valence electrons. The Balaban J connectivity index is 1.65. The Morgan fingerprint density at radius 2 is 1.63 bits per heavy atom. The number of nitrogens with zero attached hydrogens (tertiary/aromatic N) is 1. The third-order valence-corrected chi connectivity index (χ3v) is 3.86. The number of nitro groups is 1. The second-order valence-electron chi connectivity index (χ2n) is 5.56. The van der Waals surface area contributed by atoms with Gasteiger partial charge in [-0.25, -0.2) is 0 Å². The van der Waals surface area contributed by atoms with Crippen LogP contribution in [0.1, 0.15) is 16.8 Å². The lowest BCUT2D eigenvalue weighted by atomic mass is 10.2. The number of halogens is 1. The van der Waals surface area contributed by atoms with Crippen LogP contribution in [0.3, 0.4) is 0 Å². The minimum atomic E-state index is -0.480. The van der Waals surface area contributed by atoms with Crippen molar-refractivity contribution in [3.63, 3.8) is 0 Å². The molecule has 2 amide bonds. The van der Waals surface area contributed by atoms with E-state index in [1.165, 1.54) is 6.07 Å². The van der Waals surface area contributed by atoms with E-state index in [1.54, 1.807) is 42.5 Å². The Kier molecular flexibility index (Phi) is 7.57. The number of para-hydroxylation sites is 2. The molecule has 0 fully saturated rings. The van der Waals surface area contributed by atoms with Crippen molar-refractivity contribution in [2.24, 2.45) is 0 Å². The van der Waals surface area contributed by atoms with Crippen molar-refractivity contribution in [3.05, 3.63) is 69.2 Å². The summed E-state index contributed by atoms with van der Waals surface area (Å²) in [6.45, 7) is 0.822. The third-order valence-electron chi connectivity index (χ3n) is 3.61. The number of hydrogen-bond donors (Lipinski definition) is 3. The maximum Gasteiger partial charge on any atom is 0.292 e. The van der Waals surface area contributed by atoms with Crippen LogP contribution in [0.25, 0.3) is 0 Å². The molecule has 0 aliphatic rings. The highest BCUT2D eigenvalue weighted by atomic mass is 35.5. The molecule has 0 radical (unpaired) electrons. The zero-order chi connectivity index (χ0) is 19.6. The molecule has 0 aliphatic carbocycles. The molecule has 0 unspecified atom stereocenters. The topological polar surface area (TPSA) is 113 Å². The van der Waals surface area contributed by atoms with Crippen LogP contribution in [-0.4, -0.2) is 36.4 Å². The molecule has 0 atom stereocenters. The molecule has 8 nitrogen and oxygen atoms in total. The highest BCUT2D eigenvalue weighted by molar-refractivity contribution is 6.30. The number of carbonyl (C=O) groups excluding carboxylic acids is 2. The summed E-state index contributed by atoms with van der Waals surface area (Å²) >= 11 is 5.77. The van der Waals surface area contributed by atoms with E-state index in [0.29, 0.717) is 16.3 Å². The van der Waals surface area contributed by atoms with Crippen LogP contribution >= 0.6 is 11.6 Å². The van der Waals surface area contributed by atoms with Crippen LogP contribution in [0.15, 0.2) is 48.5 Å². The maximum absolute atomic E-state index is 11.9. The number of carbonyl (C=O) groups is 2. The molecule has 2 aromatic rings. The Morgan fingerprint density at radius 1 is 0.963 bits per heavy atom. The first-order valence-corrected chi connectivity index (χ1v) is 8.63. The molecule has 0 aliphatic heterocycles. The van der Waals surface area contributed by atoms with Gasteiger partial charge in [0.1, 0.15) is 5.69 Å². The number of benzene rings is 2. The predicted molar refractivity (Wildman–Crippen MR) is 103 cm³/mol. The van der Waals surface area contributed by atoms with Gasteiger partial charge in [0.2, 0.25) is 5.91 Å². The number of amides is 2. The van der Waals surface area contributed by atoms with Gasteiger partial charge in [-0.2, -0.15) is 0 Å². The molecule has 0 bridgehead atoms. The summed E-state index contributed by atoms with van der Waals surface area (Å²) in [6, 6.07) is 12.7. The molecule has 0 saturated heterocycles. The van der Waals surface area contributed by atoms with Gasteiger partial charge in [-0.15, -0.1) is 0 Å². The van der Waals surface area contributed by atoms with E-state index in [4.69, 9.17) is 11.6 Å². The van der Waals surface area contributed by atoms with E-state index in [9.17, 15) is 19.7 Å². The molecular weight excluding hydrogens is 372 g/mol. The first kappa shape index (κ1) is 20.2. The molecule has 9 heteroatoms. The second kappa shape index (κ2) is 10.1. The molecule has 0 heterocycles. The van der Waals surface area contributed by atoms with E-state index in [0.717, 1.165) is 0 Å². The zero-order valence-corrected chi connectivity index (χ0v) is 15.2. The predicted octanol–water partition coefficient (Wildman–Crippen LogP) is 2.60. The fourth-order valence-corrected chi connectivity index (χ4v) is 2.39. The van der Waals surface area contributed by atoms with Gasteiger partial charge in [0.15, 0.2) is 0 Å². The van der Waals surface area contributed by atoms with E-state index >= 15 is 0 Å². The maximum atomic E-state index is 11.9. The lowest BCUT2D eigenvalue weighted by molar-refractivity contribution is -0.384. The summed E-state index contributed by atoms with van der Waals surface area (Å²) < 4.78 is 0. The van der Waals surface area contributed by atoms with Gasteiger partial charge in [0.25, 0.3) is 11.6 Å². The summed E-state index contributed by atoms with van der Waals surface area (Å²) in [5, 5.41) is 19.7. The van der Waals surface area contributed by atoms with Gasteiger partial charge in [0, 0.05) is 42.7 Å². The van der Waals surface area contributed by atoms with Gasteiger partial charge in [-0.1, -0.05) is 23.7 Å². The fourth-order valence-electron chi connectivity index (χ4n) is 2.26. The molecule has 0 saturated carbocycles. The Morgan fingerprint density at radius 3 is 2.33 bits per heavy atom. The first-order chi connectivity index (χ1) is 13.0. The minimum absolute atomic E-state index is 0.0391. The Hall–Kier alpha value is -3.13. The van der Waals surface area contributed by atoms with Crippen molar-refractivity contribution >= 4 is 34.8 Å². The molecule has 0 spiro atoms. The molecule has 27 heavy (non-hydrogen) atoms. The van der Waals surface area contributed by atoms with Crippen LogP contribution in [-0.2, 0) is 4.79 Å². The molecular formula is C18H19ClN4O4. The van der Waals surface area contributed by atoms with Crippen molar-refractivity contribution in [2.45, 2.75) is 6.42 Å². The number of anilines is 1. The zero-order valence-electron chi connectivity index (χ0n) is 14.4. The minimum Gasteiger partial charge on any atom is -0.379 e. The number of hydrogen-bond acceptors (Lipinski definition) is 5. The Labute approximate surface area is 161 Å². The summed E-state index contributed by atoms with van der Waals surface area (Å²) in [5.74, 6) is -0.471. The van der Waals surface area contributed by atoms with Crippen molar-refractivity contribution in [2.75, 3.05) is 25.0 Å². The van der Waals surface area contributed by atoms with Crippen LogP contribution in [0.4, 0.5) is 11.4 Å². The molecule has 3 N–H and O–H groups in total. The van der Waals surface area contributed by atoms with Crippen molar-refractivity contribution in [1.82, 2.24) is 10.6 Å². The van der Waals surface area contributed by atoms with Crippen LogP contribution in [0.2, 0.25) is 5.02 Å². The number of nitro benzene ring substituents is 1. The number of nitrogens with one attached hydrogen (secondary N) is 3. The molecule has 2 aromatic carbocycles. The highest BCUT2D eigenvalue weighted by Crippen LogP contribution is 2.22. The monoisotopic (exact) mass is 390 g/mol. The summed E-state index contributed by atoms with van der Waals surface area (Å²) in [5.41, 5.74) is 0.813. The van der Waals surface area contributed by atoms with Gasteiger partial charge in [-0.05, 0) is 30.3 Å². The average molecular weight is 391 g/mol. The van der Waals surface area contributed by atoms with E-state index in [-0.39, 0.29) is 43.6 Å². The summed E-state index contributed by atoms with van der Waals surface area (Å²) in [4.78, 5) is 34.1. The fraction of sp³-hybridized carbons (Fsp3) is 0.222. The van der Waals surface area contributed by atoms with E-state index in [1.807, 2.05) is 0 Å². The van der Waals surface area contributed by atoms with Gasteiger partial charge in [0.05, 0.1) is 4.92 Å². The van der Waals surface area contributed by atoms with Crippen LogP contribution in [0, 0.1) is 10.1 Å². The summed E-state index contributed by atoms with van der Waals surface area (Å²) in [6.07, 6.45) is 0.150. The van der Waals surface area contributed by atoms with Gasteiger partial charge >= 0.3 is 0 Å². The average Bonchev–Trinajstić information content (AvgIpc) is 2.66. The van der Waals surface area contributed by atoms with Gasteiger partial charge in [-0.3, -0.25) is 19.7 Å². The van der Waals surface area contributed by atoms with E-state index in [2.05, 4.69) is 16.0 Å². The lowest BCUT2D eigenvalue weighted by Gasteiger charge is -2.09. The highest BCUT2D eigenvalue weighted by Gasteiger charge is 2.12. The quantitative estimate of drug-likeness (QED) is 0.346. The van der Waals surface area contributed by atoms with Gasteiger partial charge < -0.3 is 16.0 Å². The smallest absolute Gasteiger partial charge is 0.292 e. The van der Waals surface area contributed by atoms with Crippen molar-refractivity contribution in [1.29, 1.82) is 0 Å². The molecule has 0 aromatic heterocycles.